The van der Waals surface area contributed by atoms with Crippen molar-refractivity contribution in [2.24, 2.45) is 11.3 Å². The van der Waals surface area contributed by atoms with Crippen molar-refractivity contribution in [3.05, 3.63) is 23.8 Å². The highest BCUT2D eigenvalue weighted by Gasteiger charge is 2.34. The lowest BCUT2D eigenvalue weighted by Gasteiger charge is -2.35. The number of nitrogens with zero attached hydrogens (tertiary/aromatic N) is 1. The molecule has 0 fully saturated rings. The number of allylic oxidation sites excluding steroid dienone is 2. The molecule has 0 saturated heterocycles. The van der Waals surface area contributed by atoms with Crippen LogP contribution in [0.15, 0.2) is 23.8 Å². The maximum Gasteiger partial charge on any atom is 0.234 e. The molecule has 18 heavy (non-hydrogen) atoms. The van der Waals surface area contributed by atoms with E-state index in [2.05, 4.69) is 54.5 Å². The van der Waals surface area contributed by atoms with E-state index < -0.39 is 0 Å². The highest BCUT2D eigenvalue weighted by atomic mass is 16.2. The van der Waals surface area contributed by atoms with E-state index in [9.17, 15) is 4.79 Å². The van der Waals surface area contributed by atoms with E-state index in [4.69, 9.17) is 0 Å². The van der Waals surface area contributed by atoms with Gasteiger partial charge in [0.1, 0.15) is 0 Å². The first kappa shape index (κ1) is 15.0. The third-order valence-corrected chi connectivity index (χ3v) is 3.41. The molecule has 2 heteroatoms. The lowest BCUT2D eigenvalue weighted by molar-refractivity contribution is -0.136. The normalized spacial score (nSPS) is 19.6. The van der Waals surface area contributed by atoms with Crippen molar-refractivity contribution < 1.29 is 4.79 Å². The molecule has 1 amide bonds. The first-order chi connectivity index (χ1) is 8.16. The average Bonchev–Trinajstić information content (AvgIpc) is 2.63. The van der Waals surface area contributed by atoms with E-state index in [1.54, 1.807) is 0 Å². The fourth-order valence-corrected chi connectivity index (χ4v) is 2.68. The van der Waals surface area contributed by atoms with Crippen LogP contribution in [0, 0.1) is 11.3 Å². The summed E-state index contributed by atoms with van der Waals surface area (Å²) in [6.07, 6.45) is 6.14. The number of carbonyl (C=O) groups is 1. The van der Waals surface area contributed by atoms with Crippen LogP contribution >= 0.6 is 0 Å². The van der Waals surface area contributed by atoms with Crippen LogP contribution < -0.4 is 0 Å². The summed E-state index contributed by atoms with van der Waals surface area (Å²) in [6.45, 7) is 14.8. The highest BCUT2D eigenvalue weighted by Crippen LogP contribution is 2.36. The summed E-state index contributed by atoms with van der Waals surface area (Å²) in [7, 11) is 0. The van der Waals surface area contributed by atoms with E-state index in [-0.39, 0.29) is 29.3 Å². The Morgan fingerprint density at radius 3 is 2.06 bits per heavy atom. The van der Waals surface area contributed by atoms with Crippen LogP contribution in [0.25, 0.3) is 0 Å². The first-order valence-corrected chi connectivity index (χ1v) is 6.87. The largest absolute Gasteiger partial charge is 0.337 e. The van der Waals surface area contributed by atoms with Gasteiger partial charge < -0.3 is 4.90 Å². The first-order valence-electron chi connectivity index (χ1n) is 6.87. The smallest absolute Gasteiger partial charge is 0.234 e. The van der Waals surface area contributed by atoms with E-state index in [1.807, 2.05) is 17.1 Å². The molecule has 0 heterocycles. The molecular weight excluding hydrogens is 222 g/mol. The topological polar surface area (TPSA) is 20.3 Å². The van der Waals surface area contributed by atoms with Crippen LogP contribution in [0.3, 0.4) is 0 Å². The molecule has 1 rings (SSSR count). The Morgan fingerprint density at radius 2 is 1.67 bits per heavy atom. The molecule has 102 valence electrons. The Kier molecular flexibility index (Phi) is 4.41. The summed E-state index contributed by atoms with van der Waals surface area (Å²) in [5, 5.41) is 0. The van der Waals surface area contributed by atoms with Gasteiger partial charge in [0.25, 0.3) is 0 Å². The average molecular weight is 249 g/mol. The predicted octanol–water partition coefficient (Wildman–Crippen LogP) is 3.79. The van der Waals surface area contributed by atoms with Crippen molar-refractivity contribution in [3.8, 4) is 0 Å². The summed E-state index contributed by atoms with van der Waals surface area (Å²) < 4.78 is 0. The molecule has 0 aromatic heterocycles. The van der Waals surface area contributed by atoms with Gasteiger partial charge in [-0.3, -0.25) is 4.79 Å². The Hall–Kier alpha value is -1.05. The number of rotatable bonds is 3. The van der Waals surface area contributed by atoms with Crippen molar-refractivity contribution in [3.63, 3.8) is 0 Å². The molecule has 0 bridgehead atoms. The zero-order valence-corrected chi connectivity index (χ0v) is 12.8. The van der Waals surface area contributed by atoms with Gasteiger partial charge in [-0.2, -0.15) is 0 Å². The minimum atomic E-state index is -0.0743. The van der Waals surface area contributed by atoms with Crippen molar-refractivity contribution in [2.45, 2.75) is 60.5 Å². The molecule has 0 aromatic carbocycles. The van der Waals surface area contributed by atoms with Crippen LogP contribution in [0.2, 0.25) is 0 Å². The Labute approximate surface area is 112 Å². The Morgan fingerprint density at radius 1 is 1.17 bits per heavy atom. The summed E-state index contributed by atoms with van der Waals surface area (Å²) in [5.74, 6) is 0.157. The maximum absolute atomic E-state index is 12.7. The molecule has 0 aromatic rings. The van der Waals surface area contributed by atoms with Crippen LogP contribution in [0.5, 0.6) is 0 Å². The standard InChI is InChI=1S/C16H27NO/c1-11(2)17(12(3)4)15(18)13-9-8-10-14(13)16(5,6)7/h8-13H,1-7H3. The fourth-order valence-electron chi connectivity index (χ4n) is 2.68. The molecule has 0 N–H and O–H groups in total. The van der Waals surface area contributed by atoms with Crippen molar-refractivity contribution in [1.29, 1.82) is 0 Å². The van der Waals surface area contributed by atoms with Gasteiger partial charge in [-0.05, 0) is 38.7 Å². The van der Waals surface area contributed by atoms with Gasteiger partial charge in [-0.1, -0.05) is 39.0 Å². The number of hydrogen-bond acceptors (Lipinski definition) is 1. The summed E-state index contributed by atoms with van der Waals surface area (Å²) in [5.41, 5.74) is 1.27. The third kappa shape index (κ3) is 3.04. The minimum absolute atomic E-state index is 0.0451. The van der Waals surface area contributed by atoms with Crippen molar-refractivity contribution in [1.82, 2.24) is 4.90 Å². The molecule has 0 saturated carbocycles. The van der Waals surface area contributed by atoms with Gasteiger partial charge in [-0.25, -0.2) is 0 Å². The Balaban J connectivity index is 2.97. The van der Waals surface area contributed by atoms with Gasteiger partial charge in [0.2, 0.25) is 5.91 Å². The SMILES string of the molecule is CC(C)N(C(=O)C1C=CC=C1C(C)(C)C)C(C)C. The molecule has 1 unspecified atom stereocenters. The quantitative estimate of drug-likeness (QED) is 0.745. The second-order valence-corrected chi connectivity index (χ2v) is 6.67. The molecule has 1 aliphatic carbocycles. The molecule has 1 aliphatic rings. The van der Waals surface area contributed by atoms with Gasteiger partial charge >= 0.3 is 0 Å². The zero-order chi connectivity index (χ0) is 14.1. The third-order valence-electron chi connectivity index (χ3n) is 3.41. The monoisotopic (exact) mass is 249 g/mol. The summed E-state index contributed by atoms with van der Waals surface area (Å²) >= 11 is 0. The van der Waals surface area contributed by atoms with E-state index >= 15 is 0 Å². The van der Waals surface area contributed by atoms with Gasteiger partial charge in [0.15, 0.2) is 0 Å². The predicted molar refractivity (Wildman–Crippen MR) is 77.3 cm³/mol. The van der Waals surface area contributed by atoms with E-state index in [0.29, 0.717) is 0 Å². The van der Waals surface area contributed by atoms with Gasteiger partial charge in [-0.15, -0.1) is 0 Å². The summed E-state index contributed by atoms with van der Waals surface area (Å²) in [4.78, 5) is 14.7. The van der Waals surface area contributed by atoms with Crippen LogP contribution in [0.1, 0.15) is 48.5 Å². The molecular formula is C16H27NO. The molecule has 0 radical (unpaired) electrons. The number of carbonyl (C=O) groups excluding carboxylic acids is 1. The van der Waals surface area contributed by atoms with Crippen LogP contribution in [-0.4, -0.2) is 22.9 Å². The van der Waals surface area contributed by atoms with E-state index in [0.717, 1.165) is 0 Å². The minimum Gasteiger partial charge on any atom is -0.337 e. The molecule has 2 nitrogen and oxygen atoms in total. The fraction of sp³-hybridized carbons (Fsp3) is 0.688. The van der Waals surface area contributed by atoms with Crippen LogP contribution in [0.4, 0.5) is 0 Å². The zero-order valence-electron chi connectivity index (χ0n) is 12.8. The number of hydrogen-bond donors (Lipinski definition) is 0. The Bertz CT molecular complexity index is 361. The van der Waals surface area contributed by atoms with Crippen molar-refractivity contribution >= 4 is 5.91 Å². The lowest BCUT2D eigenvalue weighted by Crippen LogP contribution is -2.45. The second-order valence-electron chi connectivity index (χ2n) is 6.67. The molecule has 0 aliphatic heterocycles. The number of amides is 1. The van der Waals surface area contributed by atoms with Gasteiger partial charge in [0.05, 0.1) is 5.92 Å². The van der Waals surface area contributed by atoms with Crippen LogP contribution in [-0.2, 0) is 4.79 Å². The summed E-state index contributed by atoms with van der Waals surface area (Å²) in [6, 6.07) is 0.487. The van der Waals surface area contributed by atoms with Gasteiger partial charge in [0, 0.05) is 12.1 Å². The molecule has 1 atom stereocenters. The highest BCUT2D eigenvalue weighted by molar-refractivity contribution is 5.85. The second kappa shape index (κ2) is 5.29. The maximum atomic E-state index is 12.7. The van der Waals surface area contributed by atoms with E-state index in [1.165, 1.54) is 5.57 Å². The lowest BCUT2D eigenvalue weighted by atomic mass is 9.80. The molecule has 0 spiro atoms. The van der Waals surface area contributed by atoms with Crippen molar-refractivity contribution in [2.75, 3.05) is 0 Å².